The lowest BCUT2D eigenvalue weighted by molar-refractivity contribution is -0.138. The van der Waals surface area contributed by atoms with E-state index in [0.717, 1.165) is 114 Å². The first-order valence-corrected chi connectivity index (χ1v) is 54.1. The van der Waals surface area contributed by atoms with E-state index in [9.17, 15) is 36.3 Å². The lowest BCUT2D eigenvalue weighted by Gasteiger charge is -2.43. The summed E-state index contributed by atoms with van der Waals surface area (Å²) in [4.78, 5) is 56.3. The number of methoxy groups -OCH3 is 1. The molecule has 0 radical (unpaired) electrons. The number of carboxylic acid groups (broad SMARTS) is 1. The van der Waals surface area contributed by atoms with Crippen LogP contribution in [0.5, 0.6) is 5.75 Å². The number of esters is 2. The molecular weight excluding hydrogens is 2200 g/mol. The molecule has 0 bridgehead atoms. The Labute approximate surface area is 928 Å². The Kier molecular flexibility index (Phi) is 44.2. The fourth-order valence-electron chi connectivity index (χ4n) is 18.4. The maximum Gasteiger partial charge on any atom is 0.330 e. The molecule has 5 aromatic heterocycles. The standard InChI is InChI=1S/C27H29Cl2FN2O2.C25H25Cl2FN2O2.C22H22BrCl2FN2.C15H21FN2.C11H14N2.C7H5BrCl2O.C5H11F.C5H8O2/c1-5-34-23(33)11-10-17-13-20(28)24(21(29)14-17)26-25-19(18-8-6-7-9-22(18)31-25)12-16(2)32(26)15-27(3,4)30;1-14-10-17-16-6-4-5-7-20(16)29-23(17)24(30(14)13-25(2,3)28)22-18(26)11-15(12-19(22)27)8-9-21(31)32;1-12-8-15-14-6-4-5-7-18(14)27-20(15)21(28(12)11-22(2,3)26)19-16(24)9-13(23)10-17(19)25;1-11(18-10-15(2,3)16)8-12-9-17-14-7-5-4-6-13(12)14;1-8(12)6-9-7-13-11-5-3-2-4-10(9)11;1-11-7-5(9)2-4(8)3-6(7)10;1-4-5(2,3)6;1-3-5(6)7-4-2/h6-11,13-14,16,26,31H,5,12,15H2,1-4H3;4-9,11-12,14,24,29H,10,13H2,1-3H3,(H,31,32);4-7,9-10,12,21,27H,8,11H2,1-3H3;4-7,9,11,17-18H,8,10H2,1-3H3;2-5,7-8,13H,6,12H2,1H3;2-3H,1H3;4H2,1-3H3;3H,1,4H2,2H3/b11-10+;9-8+;;;;;;/t16-,26-;14-,24-;12-,21-;11-;8-;;;/m11111.../s1. The number of H-pyrrole nitrogens is 5. The van der Waals surface area contributed by atoms with Gasteiger partial charge in [-0.15, -0.1) is 0 Å². The van der Waals surface area contributed by atoms with Crippen LogP contribution in [0.2, 0.25) is 40.2 Å². The highest BCUT2D eigenvalue weighted by Gasteiger charge is 2.45. The van der Waals surface area contributed by atoms with Crippen LogP contribution >= 0.6 is 125 Å². The summed E-state index contributed by atoms with van der Waals surface area (Å²) in [5.74, 6) is -1.33. The lowest BCUT2D eigenvalue weighted by atomic mass is 9.87. The number of aromatic nitrogens is 5. The van der Waals surface area contributed by atoms with E-state index < -0.39 is 40.3 Å². The Morgan fingerprint density at radius 2 is 0.765 bits per heavy atom. The number of alkyl halides is 5. The minimum absolute atomic E-state index is 0.0560. The number of carboxylic acids is 1. The molecule has 8 heterocycles. The van der Waals surface area contributed by atoms with Crippen LogP contribution in [0.1, 0.15) is 222 Å². The largest absolute Gasteiger partial charge is 0.494 e. The highest BCUT2D eigenvalue weighted by atomic mass is 79.9. The highest BCUT2D eigenvalue weighted by Crippen LogP contribution is 2.51. The van der Waals surface area contributed by atoms with E-state index in [1.807, 2.05) is 105 Å². The molecule has 3 aliphatic rings. The number of para-hydroxylation sites is 5. The van der Waals surface area contributed by atoms with Crippen LogP contribution in [-0.2, 0) is 56.0 Å². The molecule has 8 atom stereocenters. The second-order valence-corrected chi connectivity index (χ2v) is 45.7. The SMILES string of the molecule is C=CC(=O)OCC.CCC(C)(C)F.CCOC(=O)/C=C/c1cc(Cl)c([C@@H]2c3[nH]c4ccccc4c3C[C@@H](C)N2CC(C)(C)F)c(Cl)c1.COc1c(Cl)cc(Br)cc1Cl.C[C@@H](N)Cc1c[nH]c2ccccc12.C[C@@H]1Cc2c([nH]c3ccccc23)[C@@H](c2c(Cl)cc(/C=C/C(=O)O)cc2Cl)N1CC(C)(C)F.C[C@@H]1Cc2c([nH]c3ccccc23)[C@@H](c2c(Cl)cc(Br)cc2Cl)N1CC(C)(C)F.C[C@H](Cc1c[nH]c2ccccc12)NCC(C)(C)F. The van der Waals surface area contributed by atoms with Crippen LogP contribution in [0.15, 0.2) is 216 Å². The van der Waals surface area contributed by atoms with Gasteiger partial charge in [-0.2, -0.15) is 0 Å². The van der Waals surface area contributed by atoms with Crippen molar-refractivity contribution in [2.45, 2.75) is 240 Å². The first kappa shape index (κ1) is 122. The predicted molar refractivity (Wildman–Crippen MR) is 618 cm³/mol. The maximum atomic E-state index is 14.9. The number of hydrogen-bond donors (Lipinski definition) is 8. The van der Waals surface area contributed by atoms with Gasteiger partial charge in [-0.3, -0.25) is 14.7 Å². The van der Waals surface area contributed by atoms with Crippen LogP contribution in [0.25, 0.3) is 66.7 Å². The van der Waals surface area contributed by atoms with Gasteiger partial charge in [0.15, 0.2) is 5.75 Å². The Hall–Kier alpha value is -9.16. The average molecular weight is 2330 g/mol. The van der Waals surface area contributed by atoms with Gasteiger partial charge in [-0.1, -0.05) is 229 Å². The van der Waals surface area contributed by atoms with Crippen LogP contribution in [-0.4, -0.2) is 168 Å². The lowest BCUT2D eigenvalue weighted by Crippen LogP contribution is -2.48. The van der Waals surface area contributed by atoms with E-state index in [4.69, 9.17) is 113 Å². The van der Waals surface area contributed by atoms with Gasteiger partial charge in [0.05, 0.1) is 48.5 Å². The Bertz CT molecular complexity index is 6900. The quantitative estimate of drug-likeness (QED) is 0.0152. The Morgan fingerprint density at radius 1 is 0.463 bits per heavy atom. The van der Waals surface area contributed by atoms with Crippen molar-refractivity contribution in [2.24, 2.45) is 5.73 Å². The molecule has 0 saturated carbocycles. The topological polar surface area (TPSA) is 226 Å². The zero-order valence-electron chi connectivity index (χ0n) is 87.5. The summed E-state index contributed by atoms with van der Waals surface area (Å²) in [6.45, 7) is 36.7. The van der Waals surface area contributed by atoms with E-state index in [-0.39, 0.29) is 73.9 Å². The molecule has 0 spiro atoms. The summed E-state index contributed by atoms with van der Waals surface area (Å²) >= 11 is 58.8. The van der Waals surface area contributed by atoms with Gasteiger partial charge >= 0.3 is 17.9 Å². The van der Waals surface area contributed by atoms with Crippen LogP contribution < -0.4 is 15.8 Å². The molecule has 3 aliphatic heterocycles. The molecule has 9 aromatic carbocycles. The molecule has 149 heavy (non-hydrogen) atoms. The zero-order valence-corrected chi connectivity index (χ0v) is 96.7. The van der Waals surface area contributed by atoms with Gasteiger partial charge < -0.3 is 55.3 Å². The zero-order chi connectivity index (χ0) is 110. The number of nitrogens with two attached hydrogens (primary N) is 1. The van der Waals surface area contributed by atoms with E-state index in [2.05, 4.69) is 170 Å². The monoisotopic (exact) mass is 2320 g/mol. The van der Waals surface area contributed by atoms with Crippen molar-refractivity contribution in [3.8, 4) is 5.75 Å². The Balaban J connectivity index is 0.000000184. The molecule has 17 nitrogen and oxygen atoms in total. The Morgan fingerprint density at radius 3 is 1.06 bits per heavy atom. The molecule has 0 fully saturated rings. The number of aliphatic carboxylic acids is 1. The third kappa shape index (κ3) is 34.2. The summed E-state index contributed by atoms with van der Waals surface area (Å²) in [7, 11) is 1.53. The number of ether oxygens (including phenoxy) is 3. The predicted octanol–water partition coefficient (Wildman–Crippen LogP) is 33.3. The third-order valence-electron chi connectivity index (χ3n) is 25.2. The number of benzene rings is 9. The molecule has 800 valence electrons. The number of carbonyl (C=O) groups excluding carboxylic acids is 2. The number of aromatic amines is 5. The number of halogens is 15. The smallest absolute Gasteiger partial charge is 0.330 e. The number of nitrogens with zero attached hydrogens (tertiary/aromatic N) is 3. The summed E-state index contributed by atoms with van der Waals surface area (Å²) in [6.07, 6.45) is 15.6. The second-order valence-electron chi connectivity index (χ2n) is 40.6. The van der Waals surface area contributed by atoms with E-state index >= 15 is 0 Å². The van der Waals surface area contributed by atoms with E-state index in [0.29, 0.717) is 88.8 Å². The van der Waals surface area contributed by atoms with Crippen LogP contribution in [0.4, 0.5) is 22.0 Å². The third-order valence-corrected chi connectivity index (χ3v) is 28.5. The molecule has 9 N–H and O–H groups in total. The molecule has 32 heteroatoms. The van der Waals surface area contributed by atoms with Gasteiger partial charge in [0.1, 0.15) is 28.3 Å². The first-order valence-electron chi connectivity index (χ1n) is 49.5. The average Bonchev–Trinajstić information content (AvgIpc) is 1.61. The molecule has 17 rings (SSSR count). The summed E-state index contributed by atoms with van der Waals surface area (Å²) in [6, 6.07) is 55.0. The van der Waals surface area contributed by atoms with Crippen molar-refractivity contribution >= 4 is 209 Å². The van der Waals surface area contributed by atoms with Gasteiger partial charge in [0, 0.05) is 214 Å². The number of carbonyl (C=O) groups is 3. The van der Waals surface area contributed by atoms with Crippen molar-refractivity contribution in [2.75, 3.05) is 46.5 Å². The summed E-state index contributed by atoms with van der Waals surface area (Å²) in [5, 5.41) is 22.1. The number of hydrogen-bond acceptors (Lipinski definition) is 11. The molecule has 0 saturated heterocycles. The van der Waals surface area contributed by atoms with Gasteiger partial charge in [-0.25, -0.2) is 36.3 Å². The minimum atomic E-state index is -1.42. The normalized spacial score (nSPS) is 16.8. The van der Waals surface area contributed by atoms with Crippen LogP contribution in [0, 0.1) is 0 Å². The van der Waals surface area contributed by atoms with Crippen molar-refractivity contribution in [1.82, 2.24) is 44.9 Å². The van der Waals surface area contributed by atoms with Gasteiger partial charge in [0.25, 0.3) is 0 Å². The minimum Gasteiger partial charge on any atom is -0.494 e. The van der Waals surface area contributed by atoms with Crippen molar-refractivity contribution in [3.05, 3.63) is 329 Å². The number of nitrogens with one attached hydrogen (secondary N) is 6. The second kappa shape index (κ2) is 54.1. The molecule has 14 aromatic rings. The fraction of sp³-hybridized carbons (Fsp3) is 0.376. The maximum absolute atomic E-state index is 14.9. The molecule has 0 aliphatic carbocycles. The first-order chi connectivity index (χ1) is 70.0. The highest BCUT2D eigenvalue weighted by molar-refractivity contribution is 9.10. The van der Waals surface area contributed by atoms with Crippen molar-refractivity contribution < 1.29 is 55.7 Å². The van der Waals surface area contributed by atoms with Crippen molar-refractivity contribution in [1.29, 1.82) is 0 Å². The molecule has 0 amide bonds. The van der Waals surface area contributed by atoms with Crippen LogP contribution in [0.3, 0.4) is 0 Å². The molecule has 0 unspecified atom stereocenters. The number of fused-ring (bicyclic) bond motifs is 11. The van der Waals surface area contributed by atoms with E-state index in [1.165, 1.54) is 68.8 Å². The van der Waals surface area contributed by atoms with E-state index in [1.54, 1.807) is 126 Å². The summed E-state index contributed by atoms with van der Waals surface area (Å²) in [5.41, 5.74) is 17.7. The van der Waals surface area contributed by atoms with Crippen molar-refractivity contribution in [3.63, 3.8) is 0 Å². The van der Waals surface area contributed by atoms with Gasteiger partial charge in [0.2, 0.25) is 0 Å². The fourth-order valence-corrected chi connectivity index (χ4v) is 22.6. The molecular formula is C117H135Br2Cl8F5N10O7. The summed E-state index contributed by atoms with van der Waals surface area (Å²) < 4.78 is 86.1. The number of rotatable bonds is 25. The van der Waals surface area contributed by atoms with Gasteiger partial charge in [-0.05, 0) is 286 Å².